The zero-order valence-corrected chi connectivity index (χ0v) is 10.3. The van der Waals surface area contributed by atoms with Gasteiger partial charge in [0.25, 0.3) is 0 Å². The van der Waals surface area contributed by atoms with E-state index < -0.39 is 0 Å². The molecule has 0 heterocycles. The van der Waals surface area contributed by atoms with Crippen molar-refractivity contribution in [2.24, 2.45) is 23.7 Å². The van der Waals surface area contributed by atoms with Crippen LogP contribution < -0.4 is 0 Å². The highest BCUT2D eigenvalue weighted by atomic mass is 16.5. The van der Waals surface area contributed by atoms with Gasteiger partial charge in [0, 0.05) is 5.92 Å². The van der Waals surface area contributed by atoms with Crippen LogP contribution in [0.1, 0.15) is 26.7 Å². The average Bonchev–Trinajstić information content (AvgIpc) is 2.81. The standard InChI is InChI=1S/C14H20O2/c1-9(2)4-6-11-10-5-7-12(11)13(8-10)14(15)16-3/h5-7,9-10,12-13H,4,8H2,1-3H3/b11-6-. The summed E-state index contributed by atoms with van der Waals surface area (Å²) in [7, 11) is 1.48. The molecule has 2 rings (SSSR count). The molecule has 3 atom stereocenters. The van der Waals surface area contributed by atoms with Crippen molar-refractivity contribution >= 4 is 5.97 Å². The van der Waals surface area contributed by atoms with E-state index in [4.69, 9.17) is 4.74 Å². The number of esters is 1. The number of methoxy groups -OCH3 is 1. The van der Waals surface area contributed by atoms with Crippen LogP contribution in [0, 0.1) is 23.7 Å². The Morgan fingerprint density at radius 1 is 1.56 bits per heavy atom. The number of hydrogen-bond donors (Lipinski definition) is 0. The number of carbonyl (C=O) groups excluding carboxylic acids is 1. The van der Waals surface area contributed by atoms with Crippen molar-refractivity contribution in [3.8, 4) is 0 Å². The molecular weight excluding hydrogens is 200 g/mol. The molecule has 1 saturated carbocycles. The Morgan fingerprint density at radius 2 is 2.31 bits per heavy atom. The maximum absolute atomic E-state index is 11.6. The monoisotopic (exact) mass is 220 g/mol. The summed E-state index contributed by atoms with van der Waals surface area (Å²) in [5, 5.41) is 0. The maximum atomic E-state index is 11.6. The Hall–Kier alpha value is -1.05. The SMILES string of the molecule is COC(=O)C1CC2C=CC1/C2=C\CC(C)C. The number of carbonyl (C=O) groups is 1. The second-order valence-electron chi connectivity index (χ2n) is 5.22. The number of fused-ring (bicyclic) bond motifs is 2. The molecule has 88 valence electrons. The van der Waals surface area contributed by atoms with Gasteiger partial charge in [-0.2, -0.15) is 0 Å². The Labute approximate surface area is 97.4 Å². The molecule has 2 aliphatic carbocycles. The largest absolute Gasteiger partial charge is 0.469 e. The molecule has 0 aliphatic heterocycles. The molecule has 0 radical (unpaired) electrons. The fourth-order valence-corrected chi connectivity index (χ4v) is 2.78. The highest BCUT2D eigenvalue weighted by molar-refractivity contribution is 5.75. The normalized spacial score (nSPS) is 34.0. The van der Waals surface area contributed by atoms with Gasteiger partial charge in [-0.3, -0.25) is 4.79 Å². The smallest absolute Gasteiger partial charge is 0.309 e. The summed E-state index contributed by atoms with van der Waals surface area (Å²) in [6, 6.07) is 0. The first-order chi connectivity index (χ1) is 7.63. The van der Waals surface area contributed by atoms with Gasteiger partial charge in [-0.15, -0.1) is 0 Å². The molecule has 0 saturated heterocycles. The van der Waals surface area contributed by atoms with Crippen LogP contribution in [-0.2, 0) is 9.53 Å². The predicted octanol–water partition coefficient (Wildman–Crippen LogP) is 2.95. The van der Waals surface area contributed by atoms with E-state index in [0.717, 1.165) is 12.8 Å². The molecule has 1 fully saturated rings. The van der Waals surface area contributed by atoms with Gasteiger partial charge in [-0.05, 0) is 24.7 Å². The Bertz CT molecular complexity index is 339. The third-order valence-corrected chi connectivity index (χ3v) is 3.63. The topological polar surface area (TPSA) is 26.3 Å². The lowest BCUT2D eigenvalue weighted by Gasteiger charge is -2.14. The molecule has 2 heteroatoms. The fraction of sp³-hybridized carbons (Fsp3) is 0.643. The van der Waals surface area contributed by atoms with Crippen LogP contribution in [0.4, 0.5) is 0 Å². The van der Waals surface area contributed by atoms with Gasteiger partial charge in [-0.1, -0.05) is 37.6 Å². The first kappa shape index (κ1) is 11.4. The summed E-state index contributed by atoms with van der Waals surface area (Å²) in [5.41, 5.74) is 1.45. The van der Waals surface area contributed by atoms with Crippen molar-refractivity contribution in [3.63, 3.8) is 0 Å². The van der Waals surface area contributed by atoms with Gasteiger partial charge in [0.15, 0.2) is 0 Å². The van der Waals surface area contributed by atoms with Crippen LogP contribution in [-0.4, -0.2) is 13.1 Å². The third kappa shape index (κ3) is 1.93. The van der Waals surface area contributed by atoms with Gasteiger partial charge in [0.1, 0.15) is 0 Å². The molecule has 0 aromatic carbocycles. The summed E-state index contributed by atoms with van der Waals surface area (Å²) in [4.78, 5) is 11.6. The molecule has 16 heavy (non-hydrogen) atoms. The van der Waals surface area contributed by atoms with Crippen molar-refractivity contribution in [2.45, 2.75) is 26.7 Å². The first-order valence-electron chi connectivity index (χ1n) is 6.09. The van der Waals surface area contributed by atoms with Crippen LogP contribution >= 0.6 is 0 Å². The Balaban J connectivity index is 2.10. The van der Waals surface area contributed by atoms with Crippen LogP contribution in [0.25, 0.3) is 0 Å². The van der Waals surface area contributed by atoms with Crippen LogP contribution in [0.15, 0.2) is 23.8 Å². The molecule has 0 aromatic heterocycles. The summed E-state index contributed by atoms with van der Waals surface area (Å²) in [6.07, 6.45) is 8.82. The van der Waals surface area contributed by atoms with Crippen molar-refractivity contribution in [3.05, 3.63) is 23.8 Å². The van der Waals surface area contributed by atoms with E-state index in [-0.39, 0.29) is 11.9 Å². The lowest BCUT2D eigenvalue weighted by Crippen LogP contribution is -2.20. The number of rotatable bonds is 3. The highest BCUT2D eigenvalue weighted by Gasteiger charge is 2.44. The maximum Gasteiger partial charge on any atom is 0.309 e. The summed E-state index contributed by atoms with van der Waals surface area (Å²) >= 11 is 0. The predicted molar refractivity (Wildman–Crippen MR) is 63.8 cm³/mol. The van der Waals surface area contributed by atoms with E-state index in [9.17, 15) is 4.79 Å². The summed E-state index contributed by atoms with van der Waals surface area (Å²) in [6.45, 7) is 4.44. The summed E-state index contributed by atoms with van der Waals surface area (Å²) in [5.74, 6) is 1.51. The van der Waals surface area contributed by atoms with Gasteiger partial charge >= 0.3 is 5.97 Å². The minimum atomic E-state index is -0.0488. The number of hydrogen-bond acceptors (Lipinski definition) is 2. The molecule has 2 bridgehead atoms. The van der Waals surface area contributed by atoms with E-state index >= 15 is 0 Å². The molecule has 0 amide bonds. The minimum absolute atomic E-state index is 0.0488. The quantitative estimate of drug-likeness (QED) is 0.540. The van der Waals surface area contributed by atoms with E-state index in [1.807, 2.05) is 0 Å². The van der Waals surface area contributed by atoms with Gasteiger partial charge < -0.3 is 4.74 Å². The highest BCUT2D eigenvalue weighted by Crippen LogP contribution is 2.48. The van der Waals surface area contributed by atoms with E-state index in [0.29, 0.717) is 17.8 Å². The average molecular weight is 220 g/mol. The second-order valence-corrected chi connectivity index (χ2v) is 5.22. The van der Waals surface area contributed by atoms with Crippen molar-refractivity contribution in [1.82, 2.24) is 0 Å². The minimum Gasteiger partial charge on any atom is -0.469 e. The molecule has 2 aliphatic rings. The zero-order valence-electron chi connectivity index (χ0n) is 10.3. The van der Waals surface area contributed by atoms with Crippen molar-refractivity contribution in [1.29, 1.82) is 0 Å². The van der Waals surface area contributed by atoms with E-state index in [1.165, 1.54) is 12.7 Å². The lowest BCUT2D eigenvalue weighted by atomic mass is 9.93. The van der Waals surface area contributed by atoms with Crippen LogP contribution in [0.3, 0.4) is 0 Å². The third-order valence-electron chi connectivity index (χ3n) is 3.63. The molecule has 0 spiro atoms. The molecule has 0 aromatic rings. The van der Waals surface area contributed by atoms with Crippen molar-refractivity contribution in [2.75, 3.05) is 7.11 Å². The van der Waals surface area contributed by atoms with Gasteiger partial charge in [0.2, 0.25) is 0 Å². The van der Waals surface area contributed by atoms with Crippen molar-refractivity contribution < 1.29 is 9.53 Å². The molecule has 3 unspecified atom stereocenters. The fourth-order valence-electron chi connectivity index (χ4n) is 2.78. The first-order valence-corrected chi connectivity index (χ1v) is 6.09. The van der Waals surface area contributed by atoms with Gasteiger partial charge in [-0.25, -0.2) is 0 Å². The van der Waals surface area contributed by atoms with E-state index in [2.05, 4.69) is 32.1 Å². The molecule has 0 N–H and O–H groups in total. The lowest BCUT2D eigenvalue weighted by molar-refractivity contribution is -0.146. The van der Waals surface area contributed by atoms with Crippen LogP contribution in [0.2, 0.25) is 0 Å². The number of ether oxygens (including phenoxy) is 1. The summed E-state index contributed by atoms with van der Waals surface area (Å²) < 4.78 is 4.86. The van der Waals surface area contributed by atoms with Crippen LogP contribution in [0.5, 0.6) is 0 Å². The number of allylic oxidation sites excluding steroid dienone is 4. The Morgan fingerprint density at radius 3 is 2.94 bits per heavy atom. The van der Waals surface area contributed by atoms with Gasteiger partial charge in [0.05, 0.1) is 13.0 Å². The Kier molecular flexibility index (Phi) is 3.17. The van der Waals surface area contributed by atoms with E-state index in [1.54, 1.807) is 0 Å². The second kappa shape index (κ2) is 4.44. The molecule has 2 nitrogen and oxygen atoms in total. The molecular formula is C14H20O2. The zero-order chi connectivity index (χ0) is 11.7.